The topological polar surface area (TPSA) is 17.1 Å². The van der Waals surface area contributed by atoms with Gasteiger partial charge in [-0.25, -0.2) is 8.78 Å². The average molecular weight is 245 g/mol. The van der Waals surface area contributed by atoms with Gasteiger partial charge in [0.1, 0.15) is 17.2 Å². The lowest BCUT2D eigenvalue weighted by molar-refractivity contribution is -0.142. The molecule has 0 spiro atoms. The molecule has 15 heavy (non-hydrogen) atoms. The third-order valence-corrected chi connectivity index (χ3v) is 1.77. The normalized spacial score (nSPS) is 11.6. The van der Waals surface area contributed by atoms with Gasteiger partial charge in [-0.05, 0) is 23.7 Å². The van der Waals surface area contributed by atoms with Crippen LogP contribution in [-0.2, 0) is 6.18 Å². The fraction of sp³-hybridized carbons (Fsp3) is 0.125. The summed E-state index contributed by atoms with van der Waals surface area (Å²) >= 11 is 4.86. The third-order valence-electron chi connectivity index (χ3n) is 1.55. The molecule has 0 heterocycles. The maximum Gasteiger partial charge on any atom is 0.422 e. The Labute approximate surface area is 85.5 Å². The Morgan fingerprint density at radius 2 is 1.53 bits per heavy atom. The van der Waals surface area contributed by atoms with E-state index in [4.69, 9.17) is 11.6 Å². The summed E-state index contributed by atoms with van der Waals surface area (Å²) in [4.78, 5) is 10.5. The second kappa shape index (κ2) is 3.77. The van der Waals surface area contributed by atoms with Gasteiger partial charge in [0.2, 0.25) is 0 Å². The van der Waals surface area contributed by atoms with Crippen LogP contribution in [0.2, 0.25) is 0 Å². The Hall–Kier alpha value is -1.17. The van der Waals surface area contributed by atoms with Crippen molar-refractivity contribution in [3.05, 3.63) is 34.9 Å². The minimum absolute atomic E-state index is 0.237. The Kier molecular flexibility index (Phi) is 2.99. The van der Waals surface area contributed by atoms with Gasteiger partial charge in [-0.1, -0.05) is 0 Å². The standard InChI is InChI=1S/C8H2ClF5O/c9-7(15)3-1-4(10)6(5(11)2-3)8(12,13)14/h1-2H. The summed E-state index contributed by atoms with van der Waals surface area (Å²) in [5, 5.41) is -1.23. The highest BCUT2D eigenvalue weighted by atomic mass is 35.5. The predicted molar refractivity (Wildman–Crippen MR) is 41.5 cm³/mol. The second-order valence-corrected chi connectivity index (χ2v) is 2.93. The van der Waals surface area contributed by atoms with Gasteiger partial charge in [-0.15, -0.1) is 0 Å². The maximum absolute atomic E-state index is 12.8. The van der Waals surface area contributed by atoms with Crippen molar-refractivity contribution in [2.24, 2.45) is 0 Å². The molecule has 1 aromatic carbocycles. The van der Waals surface area contributed by atoms with E-state index in [9.17, 15) is 26.7 Å². The van der Waals surface area contributed by atoms with Crippen LogP contribution in [0.4, 0.5) is 22.0 Å². The van der Waals surface area contributed by atoms with Gasteiger partial charge in [0.05, 0.1) is 0 Å². The van der Waals surface area contributed by atoms with Crippen molar-refractivity contribution in [3.63, 3.8) is 0 Å². The molecule has 0 amide bonds. The number of halogens is 6. The Morgan fingerprint density at radius 1 is 1.13 bits per heavy atom. The van der Waals surface area contributed by atoms with Crippen LogP contribution < -0.4 is 0 Å². The van der Waals surface area contributed by atoms with Gasteiger partial charge in [0.25, 0.3) is 5.24 Å². The zero-order chi connectivity index (χ0) is 11.8. The third kappa shape index (κ3) is 2.44. The summed E-state index contributed by atoms with van der Waals surface area (Å²) in [6.07, 6.45) is -5.15. The summed E-state index contributed by atoms with van der Waals surface area (Å²) in [5.41, 5.74) is -2.70. The van der Waals surface area contributed by atoms with Gasteiger partial charge >= 0.3 is 6.18 Å². The molecule has 0 aliphatic carbocycles. The van der Waals surface area contributed by atoms with Gasteiger partial charge in [0.15, 0.2) is 0 Å². The molecule has 0 N–H and O–H groups in total. The van der Waals surface area contributed by atoms with Crippen molar-refractivity contribution >= 4 is 16.8 Å². The zero-order valence-electron chi connectivity index (χ0n) is 6.83. The molecule has 82 valence electrons. The average Bonchev–Trinajstić information content (AvgIpc) is 1.99. The molecule has 0 aliphatic rings. The van der Waals surface area contributed by atoms with Crippen molar-refractivity contribution in [1.29, 1.82) is 0 Å². The van der Waals surface area contributed by atoms with Crippen LogP contribution in [0.25, 0.3) is 0 Å². The van der Waals surface area contributed by atoms with E-state index >= 15 is 0 Å². The molecule has 0 unspecified atom stereocenters. The number of hydrogen-bond acceptors (Lipinski definition) is 1. The number of rotatable bonds is 1. The van der Waals surface area contributed by atoms with Gasteiger partial charge in [-0.2, -0.15) is 13.2 Å². The smallest absolute Gasteiger partial charge is 0.276 e. The minimum Gasteiger partial charge on any atom is -0.276 e. The molecule has 7 heteroatoms. The van der Waals surface area contributed by atoms with Crippen molar-refractivity contribution in [2.45, 2.75) is 6.18 Å². The minimum atomic E-state index is -5.15. The molecule has 0 aliphatic heterocycles. The van der Waals surface area contributed by atoms with Crippen LogP contribution in [0.1, 0.15) is 15.9 Å². The predicted octanol–water partition coefficient (Wildman–Crippen LogP) is 3.36. The lowest BCUT2D eigenvalue weighted by Gasteiger charge is -2.09. The lowest BCUT2D eigenvalue weighted by Crippen LogP contribution is -2.12. The second-order valence-electron chi connectivity index (χ2n) is 2.59. The first-order valence-electron chi connectivity index (χ1n) is 3.49. The quantitative estimate of drug-likeness (QED) is 0.547. The molecule has 0 aromatic heterocycles. The van der Waals surface area contributed by atoms with Crippen LogP contribution in [0, 0.1) is 11.6 Å². The largest absolute Gasteiger partial charge is 0.422 e. The van der Waals surface area contributed by atoms with E-state index in [0.29, 0.717) is 0 Å². The first kappa shape index (κ1) is 11.9. The molecule has 1 aromatic rings. The van der Waals surface area contributed by atoms with E-state index in [1.165, 1.54) is 0 Å². The summed E-state index contributed by atoms with van der Waals surface area (Å²) in [6.45, 7) is 0. The van der Waals surface area contributed by atoms with Crippen LogP contribution >= 0.6 is 11.6 Å². The van der Waals surface area contributed by atoms with E-state index in [2.05, 4.69) is 0 Å². The van der Waals surface area contributed by atoms with Crippen molar-refractivity contribution in [3.8, 4) is 0 Å². The molecule has 0 bridgehead atoms. The zero-order valence-corrected chi connectivity index (χ0v) is 7.59. The molecule has 1 rings (SSSR count). The van der Waals surface area contributed by atoms with Crippen LogP contribution in [0.5, 0.6) is 0 Å². The Bertz CT molecular complexity index is 389. The van der Waals surface area contributed by atoms with E-state index < -0.39 is 34.2 Å². The summed E-state index contributed by atoms with van der Waals surface area (Å²) < 4.78 is 61.7. The monoisotopic (exact) mass is 244 g/mol. The highest BCUT2D eigenvalue weighted by Crippen LogP contribution is 2.34. The number of benzene rings is 1. The molecule has 0 saturated heterocycles. The maximum atomic E-state index is 12.8. The number of alkyl halides is 3. The Morgan fingerprint density at radius 3 is 1.80 bits per heavy atom. The highest BCUT2D eigenvalue weighted by Gasteiger charge is 2.38. The van der Waals surface area contributed by atoms with Gasteiger partial charge in [-0.3, -0.25) is 4.79 Å². The van der Waals surface area contributed by atoms with E-state index in [1.807, 2.05) is 0 Å². The number of carbonyl (C=O) groups excluding carboxylic acids is 1. The first-order valence-corrected chi connectivity index (χ1v) is 3.87. The summed E-state index contributed by atoms with van der Waals surface area (Å²) in [6, 6.07) is 0.475. The fourth-order valence-corrected chi connectivity index (χ4v) is 1.07. The molecule has 0 atom stereocenters. The highest BCUT2D eigenvalue weighted by molar-refractivity contribution is 6.67. The number of carbonyl (C=O) groups is 1. The summed E-state index contributed by atoms with van der Waals surface area (Å²) in [5.74, 6) is -3.74. The van der Waals surface area contributed by atoms with Crippen LogP contribution in [0.15, 0.2) is 12.1 Å². The van der Waals surface area contributed by atoms with Gasteiger partial charge in [0, 0.05) is 5.56 Å². The number of hydrogen-bond donors (Lipinski definition) is 0. The Balaban J connectivity index is 3.41. The van der Waals surface area contributed by atoms with Crippen molar-refractivity contribution < 1.29 is 26.7 Å². The van der Waals surface area contributed by atoms with E-state index in [-0.39, 0.29) is 12.1 Å². The molecular weight excluding hydrogens is 243 g/mol. The van der Waals surface area contributed by atoms with Crippen molar-refractivity contribution in [1.82, 2.24) is 0 Å². The fourth-order valence-electron chi connectivity index (χ4n) is 0.957. The van der Waals surface area contributed by atoms with Crippen LogP contribution in [0.3, 0.4) is 0 Å². The summed E-state index contributed by atoms with van der Waals surface area (Å²) in [7, 11) is 0. The SMILES string of the molecule is O=C(Cl)c1cc(F)c(C(F)(F)F)c(F)c1. The molecule has 0 radical (unpaired) electrons. The molecule has 0 fully saturated rings. The molecular formula is C8H2ClF5O. The first-order chi connectivity index (χ1) is 6.73. The van der Waals surface area contributed by atoms with Crippen molar-refractivity contribution in [2.75, 3.05) is 0 Å². The lowest BCUT2D eigenvalue weighted by atomic mass is 10.1. The molecule has 1 nitrogen and oxygen atoms in total. The molecule has 0 saturated carbocycles. The van der Waals surface area contributed by atoms with Crippen LogP contribution in [-0.4, -0.2) is 5.24 Å². The van der Waals surface area contributed by atoms with E-state index in [1.54, 1.807) is 0 Å². The van der Waals surface area contributed by atoms with Gasteiger partial charge < -0.3 is 0 Å². The van der Waals surface area contributed by atoms with E-state index in [0.717, 1.165) is 0 Å².